The molecule has 5 heteroatoms. The van der Waals surface area contributed by atoms with E-state index in [1.165, 1.54) is 7.11 Å². The maximum Gasteiger partial charge on any atom is 0.337 e. The zero-order chi connectivity index (χ0) is 14.4. The lowest BCUT2D eigenvalue weighted by Crippen LogP contribution is -2.32. The predicted molar refractivity (Wildman–Crippen MR) is 74.9 cm³/mol. The van der Waals surface area contributed by atoms with Crippen LogP contribution in [0.5, 0.6) is 0 Å². The van der Waals surface area contributed by atoms with E-state index < -0.39 is 5.97 Å². The van der Waals surface area contributed by atoms with Crippen LogP contribution in [0.4, 0.5) is 11.4 Å². The highest BCUT2D eigenvalue weighted by atomic mass is 16.5. The van der Waals surface area contributed by atoms with Gasteiger partial charge in [0.1, 0.15) is 0 Å². The second kappa shape index (κ2) is 6.64. The summed E-state index contributed by atoms with van der Waals surface area (Å²) in [5, 5.41) is 8.69. The van der Waals surface area contributed by atoms with Crippen LogP contribution in [-0.2, 0) is 4.74 Å². The molecule has 0 heterocycles. The number of hydrogen-bond donors (Lipinski definition) is 1. The lowest BCUT2D eigenvalue weighted by molar-refractivity contribution is 0.0601. The summed E-state index contributed by atoms with van der Waals surface area (Å²) in [4.78, 5) is 13.5. The number of nitrogen functional groups attached to an aromatic ring is 1. The highest BCUT2D eigenvalue weighted by molar-refractivity contribution is 5.92. The Morgan fingerprint density at radius 3 is 2.68 bits per heavy atom. The molecular weight excluding hydrogens is 242 g/mol. The lowest BCUT2D eigenvalue weighted by Gasteiger charge is -2.29. The number of anilines is 2. The zero-order valence-electron chi connectivity index (χ0n) is 11.5. The molecule has 1 aromatic rings. The lowest BCUT2D eigenvalue weighted by atomic mass is 10.1. The Bertz CT molecular complexity index is 492. The minimum Gasteiger partial charge on any atom is -0.465 e. The van der Waals surface area contributed by atoms with Gasteiger partial charge in [0.05, 0.1) is 36.5 Å². The van der Waals surface area contributed by atoms with Crippen molar-refractivity contribution in [1.82, 2.24) is 0 Å². The number of nitriles is 1. The molecule has 0 saturated heterocycles. The Labute approximate surface area is 113 Å². The van der Waals surface area contributed by atoms with Crippen molar-refractivity contribution in [2.75, 3.05) is 24.3 Å². The van der Waals surface area contributed by atoms with Crippen molar-refractivity contribution >= 4 is 17.3 Å². The molecule has 0 atom stereocenters. The molecule has 0 aliphatic carbocycles. The Balaban J connectivity index is 3.05. The summed E-state index contributed by atoms with van der Waals surface area (Å²) in [5.41, 5.74) is 7.76. The number of nitrogens with two attached hydrogens (primary N) is 1. The number of carbonyl (C=O) groups excluding carboxylic acids is 1. The number of rotatable bonds is 5. The number of esters is 1. The number of carbonyl (C=O) groups is 1. The first kappa shape index (κ1) is 14.8. The highest BCUT2D eigenvalue weighted by Crippen LogP contribution is 2.26. The molecule has 0 amide bonds. The second-order valence-corrected chi connectivity index (χ2v) is 4.46. The smallest absolute Gasteiger partial charge is 0.337 e. The first-order valence-electron chi connectivity index (χ1n) is 6.12. The molecule has 1 aromatic carbocycles. The molecule has 2 N–H and O–H groups in total. The quantitative estimate of drug-likeness (QED) is 0.649. The molecule has 0 aromatic heterocycles. The normalized spacial score (nSPS) is 10.1. The van der Waals surface area contributed by atoms with Crippen molar-refractivity contribution in [2.24, 2.45) is 0 Å². The molecule has 19 heavy (non-hydrogen) atoms. The van der Waals surface area contributed by atoms with E-state index in [-0.39, 0.29) is 6.04 Å². The second-order valence-electron chi connectivity index (χ2n) is 4.46. The van der Waals surface area contributed by atoms with Crippen molar-refractivity contribution in [2.45, 2.75) is 26.3 Å². The minimum absolute atomic E-state index is 0.222. The minimum atomic E-state index is -0.411. The van der Waals surface area contributed by atoms with Crippen molar-refractivity contribution in [3.63, 3.8) is 0 Å². The van der Waals surface area contributed by atoms with Crippen molar-refractivity contribution in [3.8, 4) is 6.07 Å². The van der Waals surface area contributed by atoms with Gasteiger partial charge in [-0.2, -0.15) is 5.26 Å². The van der Waals surface area contributed by atoms with Gasteiger partial charge in [0, 0.05) is 12.6 Å². The number of nitrogens with zero attached hydrogens (tertiary/aromatic N) is 2. The fourth-order valence-electron chi connectivity index (χ4n) is 1.89. The van der Waals surface area contributed by atoms with E-state index in [0.29, 0.717) is 24.2 Å². The van der Waals surface area contributed by atoms with Crippen LogP contribution < -0.4 is 10.6 Å². The fraction of sp³-hybridized carbons (Fsp3) is 0.429. The Morgan fingerprint density at radius 1 is 1.53 bits per heavy atom. The number of benzene rings is 1. The molecule has 0 spiro atoms. The van der Waals surface area contributed by atoms with E-state index in [9.17, 15) is 4.79 Å². The molecule has 0 bridgehead atoms. The van der Waals surface area contributed by atoms with E-state index in [1.54, 1.807) is 18.2 Å². The van der Waals surface area contributed by atoms with Gasteiger partial charge in [0.15, 0.2) is 0 Å². The van der Waals surface area contributed by atoms with Gasteiger partial charge in [-0.15, -0.1) is 0 Å². The summed E-state index contributed by atoms with van der Waals surface area (Å²) in [6, 6.07) is 7.42. The molecule has 0 saturated carbocycles. The summed E-state index contributed by atoms with van der Waals surface area (Å²) in [5.74, 6) is -0.411. The molecule has 5 nitrogen and oxygen atoms in total. The molecule has 102 valence electrons. The summed E-state index contributed by atoms with van der Waals surface area (Å²) in [6.45, 7) is 4.67. The van der Waals surface area contributed by atoms with Gasteiger partial charge >= 0.3 is 5.97 Å². The van der Waals surface area contributed by atoms with Crippen LogP contribution in [0.25, 0.3) is 0 Å². The molecule has 0 aliphatic heterocycles. The molecule has 1 rings (SSSR count). The standard InChI is InChI=1S/C14H19N3O2/c1-10(2)17(8-4-7-15)13-6-5-11(9-12(13)16)14(18)19-3/h5-6,9-10H,4,8,16H2,1-3H3. The Morgan fingerprint density at radius 2 is 2.21 bits per heavy atom. The van der Waals surface area contributed by atoms with E-state index in [4.69, 9.17) is 11.0 Å². The number of ether oxygens (including phenoxy) is 1. The Hall–Kier alpha value is -2.22. The van der Waals surface area contributed by atoms with Gasteiger partial charge in [-0.1, -0.05) is 0 Å². The van der Waals surface area contributed by atoms with Gasteiger partial charge in [-0.3, -0.25) is 0 Å². The average molecular weight is 261 g/mol. The Kier molecular flexibility index (Phi) is 5.19. The van der Waals surface area contributed by atoms with Crippen LogP contribution in [-0.4, -0.2) is 25.7 Å². The van der Waals surface area contributed by atoms with E-state index in [0.717, 1.165) is 5.69 Å². The highest BCUT2D eigenvalue weighted by Gasteiger charge is 2.15. The first-order valence-corrected chi connectivity index (χ1v) is 6.12. The van der Waals surface area contributed by atoms with Gasteiger partial charge in [-0.05, 0) is 32.0 Å². The third-order valence-electron chi connectivity index (χ3n) is 2.85. The average Bonchev–Trinajstić information content (AvgIpc) is 2.39. The number of methoxy groups -OCH3 is 1. The zero-order valence-corrected chi connectivity index (χ0v) is 11.5. The van der Waals surface area contributed by atoms with Crippen molar-refractivity contribution < 1.29 is 9.53 Å². The van der Waals surface area contributed by atoms with Gasteiger partial charge in [-0.25, -0.2) is 4.79 Å². The topological polar surface area (TPSA) is 79.3 Å². The van der Waals surface area contributed by atoms with Crippen molar-refractivity contribution in [1.29, 1.82) is 5.26 Å². The SMILES string of the molecule is COC(=O)c1ccc(N(CCC#N)C(C)C)c(N)c1. The van der Waals surface area contributed by atoms with Crippen LogP contribution in [0.3, 0.4) is 0 Å². The van der Waals surface area contributed by atoms with Crippen LogP contribution in [0.1, 0.15) is 30.6 Å². The fourth-order valence-corrected chi connectivity index (χ4v) is 1.89. The predicted octanol–water partition coefficient (Wildman–Crippen LogP) is 2.18. The molecule has 0 aliphatic rings. The molecule has 0 radical (unpaired) electrons. The molecule has 0 fully saturated rings. The summed E-state index contributed by atoms with van der Waals surface area (Å²) >= 11 is 0. The summed E-state index contributed by atoms with van der Waals surface area (Å²) in [7, 11) is 1.33. The molecule has 0 unspecified atom stereocenters. The van der Waals surface area contributed by atoms with E-state index in [1.807, 2.05) is 18.7 Å². The van der Waals surface area contributed by atoms with E-state index >= 15 is 0 Å². The maximum absolute atomic E-state index is 11.4. The summed E-state index contributed by atoms with van der Waals surface area (Å²) in [6.07, 6.45) is 0.427. The molecular formula is C14H19N3O2. The maximum atomic E-state index is 11.4. The number of hydrogen-bond acceptors (Lipinski definition) is 5. The van der Waals surface area contributed by atoms with Crippen LogP contribution in [0, 0.1) is 11.3 Å². The first-order chi connectivity index (χ1) is 9.01. The third-order valence-corrected chi connectivity index (χ3v) is 2.85. The summed E-state index contributed by atoms with van der Waals surface area (Å²) < 4.78 is 4.65. The van der Waals surface area contributed by atoms with Crippen LogP contribution in [0.15, 0.2) is 18.2 Å². The van der Waals surface area contributed by atoms with Crippen LogP contribution >= 0.6 is 0 Å². The monoisotopic (exact) mass is 261 g/mol. The van der Waals surface area contributed by atoms with Gasteiger partial charge in [0.25, 0.3) is 0 Å². The van der Waals surface area contributed by atoms with Crippen molar-refractivity contribution in [3.05, 3.63) is 23.8 Å². The third kappa shape index (κ3) is 3.62. The van der Waals surface area contributed by atoms with Gasteiger partial charge < -0.3 is 15.4 Å². The van der Waals surface area contributed by atoms with E-state index in [2.05, 4.69) is 10.8 Å². The largest absolute Gasteiger partial charge is 0.465 e. The van der Waals surface area contributed by atoms with Gasteiger partial charge in [0.2, 0.25) is 0 Å². The van der Waals surface area contributed by atoms with Crippen LogP contribution in [0.2, 0.25) is 0 Å².